The summed E-state index contributed by atoms with van der Waals surface area (Å²) < 4.78 is 5.58. The van der Waals surface area contributed by atoms with Gasteiger partial charge in [0.2, 0.25) is 5.95 Å². The van der Waals surface area contributed by atoms with E-state index in [9.17, 15) is 9.59 Å². The van der Waals surface area contributed by atoms with Gasteiger partial charge in [-0.25, -0.2) is 9.97 Å². The highest BCUT2D eigenvalue weighted by Gasteiger charge is 2.25. The van der Waals surface area contributed by atoms with E-state index in [2.05, 4.69) is 43.7 Å². The second kappa shape index (κ2) is 9.30. The van der Waals surface area contributed by atoms with Crippen LogP contribution < -0.4 is 20.3 Å². The predicted octanol–water partition coefficient (Wildman–Crippen LogP) is 2.74. The van der Waals surface area contributed by atoms with E-state index in [1.165, 1.54) is 11.1 Å². The number of thioether (sulfide) groups is 1. The van der Waals surface area contributed by atoms with Crippen molar-refractivity contribution in [2.75, 3.05) is 31.1 Å². The minimum atomic E-state index is -0.373. The molecule has 0 spiro atoms. The number of ether oxygens (including phenoxy) is 1. The van der Waals surface area contributed by atoms with Crippen LogP contribution in [0.3, 0.4) is 0 Å². The van der Waals surface area contributed by atoms with Gasteiger partial charge >= 0.3 is 0 Å². The van der Waals surface area contributed by atoms with Gasteiger partial charge in [0.1, 0.15) is 5.75 Å². The molecule has 2 fully saturated rings. The van der Waals surface area contributed by atoms with Crippen LogP contribution in [0.15, 0.2) is 35.4 Å². The van der Waals surface area contributed by atoms with E-state index in [1.807, 2.05) is 0 Å². The number of amides is 2. The molecule has 8 nitrogen and oxygen atoms in total. The number of carbonyl (C=O) groups excluding carboxylic acids is 2. The first kappa shape index (κ1) is 21.0. The van der Waals surface area contributed by atoms with E-state index in [0.29, 0.717) is 22.5 Å². The monoisotopic (exact) mass is 451 g/mol. The standard InChI is InChI=1S/C23H25N5O3S/c29-21-20(32-23(30)27-21)12-18-3-7-25-22(26-18)28-8-4-15(5-9-28)13-24-14-16-1-2-19-17(11-16)6-10-31-19/h1-3,7,11-12,15,24H,4-6,8-10,13-14H2,(H,27,29,30)/b20-12+. The van der Waals surface area contributed by atoms with Crippen LogP contribution in [0.2, 0.25) is 0 Å². The summed E-state index contributed by atoms with van der Waals surface area (Å²) >= 11 is 0.896. The Morgan fingerprint density at radius 1 is 1.25 bits per heavy atom. The molecule has 0 atom stereocenters. The number of imide groups is 1. The van der Waals surface area contributed by atoms with E-state index in [0.717, 1.165) is 69.6 Å². The first-order valence-electron chi connectivity index (χ1n) is 10.9. The molecule has 3 aliphatic rings. The fourth-order valence-electron chi connectivity index (χ4n) is 4.26. The third-order valence-electron chi connectivity index (χ3n) is 6.00. The topological polar surface area (TPSA) is 96.5 Å². The van der Waals surface area contributed by atoms with E-state index in [-0.39, 0.29) is 11.1 Å². The van der Waals surface area contributed by atoms with Crippen LogP contribution in [0.1, 0.15) is 29.7 Å². The SMILES string of the molecule is O=C1NC(=O)/C(=C\c2ccnc(N3CCC(CNCc4ccc5c(c4)CCO5)CC3)n2)S1. The lowest BCUT2D eigenvalue weighted by atomic mass is 9.97. The lowest BCUT2D eigenvalue weighted by molar-refractivity contribution is -0.115. The van der Waals surface area contributed by atoms with Crippen molar-refractivity contribution in [2.45, 2.75) is 25.8 Å². The summed E-state index contributed by atoms with van der Waals surface area (Å²) in [7, 11) is 0. The van der Waals surface area contributed by atoms with Crippen molar-refractivity contribution in [3.63, 3.8) is 0 Å². The summed E-state index contributed by atoms with van der Waals surface area (Å²) in [6.07, 6.45) is 6.49. The molecule has 3 aliphatic heterocycles. The number of hydrogen-bond donors (Lipinski definition) is 2. The van der Waals surface area contributed by atoms with Crippen molar-refractivity contribution >= 4 is 34.9 Å². The first-order valence-corrected chi connectivity index (χ1v) is 11.7. The molecule has 0 bridgehead atoms. The second-order valence-electron chi connectivity index (χ2n) is 8.24. The molecule has 0 saturated carbocycles. The third kappa shape index (κ3) is 4.78. The largest absolute Gasteiger partial charge is 0.493 e. The van der Waals surface area contributed by atoms with Gasteiger partial charge in [0.15, 0.2) is 0 Å². The van der Waals surface area contributed by atoms with Crippen molar-refractivity contribution in [2.24, 2.45) is 5.92 Å². The maximum Gasteiger partial charge on any atom is 0.290 e. The highest BCUT2D eigenvalue weighted by molar-refractivity contribution is 8.18. The van der Waals surface area contributed by atoms with Crippen molar-refractivity contribution in [1.29, 1.82) is 0 Å². The van der Waals surface area contributed by atoms with Gasteiger partial charge in [0, 0.05) is 32.3 Å². The van der Waals surface area contributed by atoms with E-state index < -0.39 is 0 Å². The number of nitrogens with one attached hydrogen (secondary N) is 2. The summed E-state index contributed by atoms with van der Waals surface area (Å²) in [5.74, 6) is 1.95. The number of anilines is 1. The summed E-state index contributed by atoms with van der Waals surface area (Å²) in [4.78, 5) is 34.6. The molecule has 4 heterocycles. The van der Waals surface area contributed by atoms with Gasteiger partial charge in [0.05, 0.1) is 17.2 Å². The maximum atomic E-state index is 11.8. The number of benzene rings is 1. The number of aromatic nitrogens is 2. The van der Waals surface area contributed by atoms with E-state index in [1.54, 1.807) is 18.3 Å². The second-order valence-corrected chi connectivity index (χ2v) is 9.25. The van der Waals surface area contributed by atoms with Gasteiger partial charge < -0.3 is 15.0 Å². The Balaban J connectivity index is 1.11. The molecule has 1 aromatic heterocycles. The van der Waals surface area contributed by atoms with Crippen LogP contribution in [0.25, 0.3) is 6.08 Å². The quantitative estimate of drug-likeness (QED) is 0.648. The number of piperidine rings is 1. The third-order valence-corrected chi connectivity index (χ3v) is 6.81. The van der Waals surface area contributed by atoms with Gasteiger partial charge in [-0.05, 0) is 66.4 Å². The van der Waals surface area contributed by atoms with Crippen molar-refractivity contribution < 1.29 is 14.3 Å². The Kier molecular flexibility index (Phi) is 6.09. The molecular weight excluding hydrogens is 426 g/mol. The van der Waals surface area contributed by atoms with Crippen LogP contribution in [0.5, 0.6) is 5.75 Å². The van der Waals surface area contributed by atoms with Gasteiger partial charge in [-0.3, -0.25) is 14.9 Å². The highest BCUT2D eigenvalue weighted by atomic mass is 32.2. The predicted molar refractivity (Wildman–Crippen MR) is 123 cm³/mol. The average molecular weight is 452 g/mol. The van der Waals surface area contributed by atoms with Crippen molar-refractivity contribution in [1.82, 2.24) is 20.6 Å². The minimum absolute atomic E-state index is 0.351. The number of carbonyl (C=O) groups is 2. The molecule has 2 aromatic rings. The van der Waals surface area contributed by atoms with Crippen molar-refractivity contribution in [3.05, 3.63) is 52.2 Å². The Morgan fingerprint density at radius 2 is 2.12 bits per heavy atom. The molecule has 2 amide bonds. The van der Waals surface area contributed by atoms with Crippen LogP contribution in [0, 0.1) is 5.92 Å². The molecule has 32 heavy (non-hydrogen) atoms. The molecule has 5 rings (SSSR count). The smallest absolute Gasteiger partial charge is 0.290 e. The van der Waals surface area contributed by atoms with Crippen LogP contribution >= 0.6 is 11.8 Å². The fraction of sp³-hybridized carbons (Fsp3) is 0.391. The Bertz CT molecular complexity index is 1070. The zero-order valence-electron chi connectivity index (χ0n) is 17.7. The fourth-order valence-corrected chi connectivity index (χ4v) is 4.92. The van der Waals surface area contributed by atoms with Crippen LogP contribution in [-0.2, 0) is 17.8 Å². The molecule has 2 saturated heterocycles. The number of hydrogen-bond acceptors (Lipinski definition) is 8. The minimum Gasteiger partial charge on any atom is -0.493 e. The average Bonchev–Trinajstić information content (AvgIpc) is 3.39. The number of fused-ring (bicyclic) bond motifs is 1. The Labute approximate surface area is 190 Å². The zero-order valence-corrected chi connectivity index (χ0v) is 18.5. The summed E-state index contributed by atoms with van der Waals surface area (Å²) in [6.45, 7) is 4.46. The van der Waals surface area contributed by atoms with Gasteiger partial charge in [-0.2, -0.15) is 0 Å². The summed E-state index contributed by atoms with van der Waals surface area (Å²) in [5.41, 5.74) is 3.25. The Morgan fingerprint density at radius 3 is 2.94 bits per heavy atom. The highest BCUT2D eigenvalue weighted by Crippen LogP contribution is 2.27. The number of nitrogens with zero attached hydrogens (tertiary/aromatic N) is 3. The molecular formula is C23H25N5O3S. The summed E-state index contributed by atoms with van der Waals surface area (Å²) in [5, 5.41) is 5.52. The molecule has 0 aliphatic carbocycles. The lowest BCUT2D eigenvalue weighted by Gasteiger charge is -2.32. The van der Waals surface area contributed by atoms with Crippen molar-refractivity contribution in [3.8, 4) is 5.75 Å². The molecule has 166 valence electrons. The normalized spacial score (nSPS) is 19.9. The molecule has 0 radical (unpaired) electrons. The summed E-state index contributed by atoms with van der Waals surface area (Å²) in [6, 6.07) is 8.22. The van der Waals surface area contributed by atoms with Crippen LogP contribution in [-0.4, -0.2) is 47.4 Å². The lowest BCUT2D eigenvalue weighted by Crippen LogP contribution is -2.38. The van der Waals surface area contributed by atoms with E-state index >= 15 is 0 Å². The zero-order chi connectivity index (χ0) is 21.9. The first-order chi connectivity index (χ1) is 15.6. The van der Waals surface area contributed by atoms with E-state index in [4.69, 9.17) is 4.74 Å². The number of rotatable bonds is 6. The van der Waals surface area contributed by atoms with Crippen LogP contribution in [0.4, 0.5) is 10.7 Å². The molecule has 1 aromatic carbocycles. The molecule has 9 heteroatoms. The van der Waals surface area contributed by atoms with Gasteiger partial charge in [-0.1, -0.05) is 12.1 Å². The van der Waals surface area contributed by atoms with Gasteiger partial charge in [0.25, 0.3) is 11.1 Å². The molecule has 0 unspecified atom stereocenters. The maximum absolute atomic E-state index is 11.8. The Hall–Kier alpha value is -2.91. The van der Waals surface area contributed by atoms with Gasteiger partial charge in [-0.15, -0.1) is 0 Å². The molecule has 2 N–H and O–H groups in total.